The second-order valence-electron chi connectivity index (χ2n) is 10.9. The number of rotatable bonds is 2. The first-order valence-corrected chi connectivity index (χ1v) is 15.8. The van der Waals surface area contributed by atoms with Crippen molar-refractivity contribution >= 4 is 38.3 Å². The molecule has 4 aromatic rings. The number of aromatic nitrogens is 3. The smallest absolute Gasteiger partial charge is 0.261 e. The molecule has 10 nitrogen and oxygen atoms in total. The van der Waals surface area contributed by atoms with E-state index in [4.69, 9.17) is 9.29 Å². The van der Waals surface area contributed by atoms with Crippen molar-refractivity contribution in [1.82, 2.24) is 14.1 Å². The number of hydrogen-bond donors (Lipinski definition) is 2. The first-order valence-electron chi connectivity index (χ1n) is 14.0. The van der Waals surface area contributed by atoms with Gasteiger partial charge in [-0.3, -0.25) is 14.3 Å². The average molecular weight is 592 g/mol. The predicted molar refractivity (Wildman–Crippen MR) is 165 cm³/mol. The number of carbonyl (C=O) groups excluding carboxylic acids is 1. The third-order valence-electron chi connectivity index (χ3n) is 8.30. The van der Waals surface area contributed by atoms with E-state index in [2.05, 4.69) is 63.4 Å². The van der Waals surface area contributed by atoms with Gasteiger partial charge in [-0.1, -0.05) is 11.6 Å². The Balaban J connectivity index is 0.000000147. The van der Waals surface area contributed by atoms with E-state index >= 15 is 0 Å². The number of ether oxygens (including phenoxy) is 1. The quantitative estimate of drug-likeness (QED) is 0.318. The highest BCUT2D eigenvalue weighted by atomic mass is 32.2. The van der Waals surface area contributed by atoms with Crippen LogP contribution in [0.2, 0.25) is 0 Å². The van der Waals surface area contributed by atoms with E-state index in [0.29, 0.717) is 6.26 Å². The van der Waals surface area contributed by atoms with E-state index in [-0.39, 0.29) is 5.91 Å². The maximum Gasteiger partial charge on any atom is 0.261 e. The van der Waals surface area contributed by atoms with Crippen molar-refractivity contribution in [2.75, 3.05) is 25.2 Å². The summed E-state index contributed by atoms with van der Waals surface area (Å²) in [6.07, 6.45) is 4.61. The van der Waals surface area contributed by atoms with Gasteiger partial charge in [0, 0.05) is 47.5 Å². The summed E-state index contributed by atoms with van der Waals surface area (Å²) in [4.78, 5) is 21.1. The van der Waals surface area contributed by atoms with Crippen molar-refractivity contribution in [3.05, 3.63) is 65.1 Å². The Labute approximate surface area is 246 Å². The van der Waals surface area contributed by atoms with Crippen LogP contribution in [-0.4, -0.2) is 58.6 Å². The summed E-state index contributed by atoms with van der Waals surface area (Å²) in [7, 11) is -2.03. The molecule has 0 fully saturated rings. The molecule has 0 saturated heterocycles. The van der Waals surface area contributed by atoms with E-state index in [9.17, 15) is 13.2 Å². The number of aliphatic imine (C=N–C) groups is 1. The average Bonchev–Trinajstić information content (AvgIpc) is 3.67. The lowest BCUT2D eigenvalue weighted by molar-refractivity contribution is -0.118. The molecular formula is C31H37N5O5S. The van der Waals surface area contributed by atoms with Crippen LogP contribution in [0.4, 0.5) is 5.69 Å². The number of benzene rings is 2. The molecule has 2 aromatic heterocycles. The van der Waals surface area contributed by atoms with Crippen molar-refractivity contribution in [3.63, 3.8) is 0 Å². The Morgan fingerprint density at radius 3 is 2.52 bits per heavy atom. The molecule has 1 spiro atoms. The topological polar surface area (TPSA) is 128 Å². The summed E-state index contributed by atoms with van der Waals surface area (Å²) >= 11 is 0. The minimum Gasteiger partial charge on any atom is -0.497 e. The predicted octanol–water partition coefficient (Wildman–Crippen LogP) is 4.95. The molecular weight excluding hydrogens is 554 g/mol. The standard InChI is InChI=1S/C17H19N3.C13H14N2O2.CH4O3S/c1-4-19-15-6-5-11(2)9-14(15)13-7-8-20-12(3)18-10-16(20)17(13)19;1-8-13(5-6-14-8)10-7-9(17-2)3-4-11(10)15-12(13)16;1-5(2,3)4/h5-6,9-10H,4,7-8H2,1-3H3;3-4,7H,5-6H2,1-2H3,(H,15,16);1H3,(H,2,3,4). The molecule has 3 aliphatic rings. The van der Waals surface area contributed by atoms with Crippen LogP contribution in [0.5, 0.6) is 5.75 Å². The van der Waals surface area contributed by atoms with Crippen LogP contribution in [0.15, 0.2) is 47.6 Å². The first-order chi connectivity index (χ1) is 19.9. The minimum absolute atomic E-state index is 0.0412. The number of hydrogen-bond acceptors (Lipinski definition) is 6. The third-order valence-corrected chi connectivity index (χ3v) is 8.30. The number of carbonyl (C=O) groups is 1. The fourth-order valence-corrected chi connectivity index (χ4v) is 6.35. The van der Waals surface area contributed by atoms with Crippen LogP contribution in [0.25, 0.3) is 22.3 Å². The lowest BCUT2D eigenvalue weighted by Gasteiger charge is -2.21. The summed E-state index contributed by atoms with van der Waals surface area (Å²) < 4.78 is 35.9. The van der Waals surface area contributed by atoms with Gasteiger partial charge in [-0.15, -0.1) is 0 Å². The molecule has 2 N–H and O–H groups in total. The Morgan fingerprint density at radius 1 is 1.14 bits per heavy atom. The van der Waals surface area contributed by atoms with Gasteiger partial charge >= 0.3 is 0 Å². The zero-order valence-corrected chi connectivity index (χ0v) is 25.7. The lowest BCUT2D eigenvalue weighted by atomic mass is 9.77. The van der Waals surface area contributed by atoms with Crippen molar-refractivity contribution in [2.24, 2.45) is 4.99 Å². The maximum absolute atomic E-state index is 12.2. The van der Waals surface area contributed by atoms with Crippen LogP contribution >= 0.6 is 0 Å². The maximum atomic E-state index is 12.2. The Bertz CT molecular complexity index is 1830. The van der Waals surface area contributed by atoms with Crippen molar-refractivity contribution in [3.8, 4) is 17.1 Å². The van der Waals surface area contributed by atoms with Crippen LogP contribution in [-0.2, 0) is 39.8 Å². The van der Waals surface area contributed by atoms with E-state index < -0.39 is 15.5 Å². The zero-order chi connectivity index (χ0) is 30.4. The monoisotopic (exact) mass is 591 g/mol. The van der Waals surface area contributed by atoms with Crippen molar-refractivity contribution in [2.45, 2.75) is 59.0 Å². The fourth-order valence-electron chi connectivity index (χ4n) is 6.35. The van der Waals surface area contributed by atoms with E-state index in [0.717, 1.165) is 61.0 Å². The molecule has 0 saturated carbocycles. The summed E-state index contributed by atoms with van der Waals surface area (Å²) in [5.74, 6) is 1.94. The van der Waals surface area contributed by atoms with Crippen LogP contribution in [0.1, 0.15) is 42.8 Å². The van der Waals surface area contributed by atoms with Gasteiger partial charge in [-0.2, -0.15) is 8.42 Å². The molecule has 1 amide bonds. The lowest BCUT2D eigenvalue weighted by Crippen LogP contribution is -2.38. The number of nitrogens with zero attached hydrogens (tertiary/aromatic N) is 4. The third kappa shape index (κ3) is 5.11. The number of fused-ring (bicyclic) bond motifs is 7. The molecule has 3 aliphatic heterocycles. The van der Waals surface area contributed by atoms with Crippen LogP contribution < -0.4 is 10.1 Å². The van der Waals surface area contributed by atoms with E-state index in [1.165, 1.54) is 33.4 Å². The van der Waals surface area contributed by atoms with Crippen molar-refractivity contribution in [1.29, 1.82) is 0 Å². The number of aryl methyl sites for hydroxylation is 4. The molecule has 0 bridgehead atoms. The molecule has 2 aromatic carbocycles. The van der Waals surface area contributed by atoms with Gasteiger partial charge in [0.15, 0.2) is 0 Å². The highest BCUT2D eigenvalue weighted by Crippen LogP contribution is 2.45. The highest BCUT2D eigenvalue weighted by molar-refractivity contribution is 7.85. The number of amides is 1. The number of anilines is 1. The molecule has 0 aliphatic carbocycles. The molecule has 42 heavy (non-hydrogen) atoms. The highest BCUT2D eigenvalue weighted by Gasteiger charge is 2.51. The number of methoxy groups -OCH3 is 1. The largest absolute Gasteiger partial charge is 0.497 e. The summed E-state index contributed by atoms with van der Waals surface area (Å²) in [5, 5.41) is 4.36. The van der Waals surface area contributed by atoms with Gasteiger partial charge in [0.2, 0.25) is 5.91 Å². The first kappa shape index (κ1) is 29.5. The number of nitrogens with one attached hydrogen (secondary N) is 1. The van der Waals surface area contributed by atoms with Gasteiger partial charge in [0.05, 0.1) is 31.0 Å². The van der Waals surface area contributed by atoms with Crippen molar-refractivity contribution < 1.29 is 22.5 Å². The molecule has 1 atom stereocenters. The molecule has 1 unspecified atom stereocenters. The van der Waals surface area contributed by atoms with E-state index in [1.54, 1.807) is 7.11 Å². The van der Waals surface area contributed by atoms with E-state index in [1.807, 2.05) is 31.3 Å². The Kier molecular flexibility index (Phi) is 7.76. The molecule has 11 heteroatoms. The van der Waals surface area contributed by atoms with Gasteiger partial charge < -0.3 is 19.2 Å². The normalized spacial score (nSPS) is 18.3. The molecule has 0 radical (unpaired) electrons. The SMILES string of the molecule is CCn1c2c(c3cc(C)ccc31)CCn1c-2cnc1C.COc1ccc2c(c1)C1(CCN=C1C)C(=O)N2.CS(=O)(=O)O. The molecule has 222 valence electrons. The van der Waals surface area contributed by atoms with Crippen LogP contribution in [0.3, 0.4) is 0 Å². The van der Waals surface area contributed by atoms with Gasteiger partial charge in [-0.05, 0) is 76.4 Å². The summed E-state index contributed by atoms with van der Waals surface area (Å²) in [5.41, 5.74) is 9.08. The fraction of sp³-hybridized carbons (Fsp3) is 0.387. The molecule has 7 rings (SSSR count). The minimum atomic E-state index is -3.67. The van der Waals surface area contributed by atoms with Gasteiger partial charge in [-0.25, -0.2) is 4.98 Å². The van der Waals surface area contributed by atoms with Gasteiger partial charge in [0.25, 0.3) is 10.1 Å². The van der Waals surface area contributed by atoms with Crippen LogP contribution in [0, 0.1) is 13.8 Å². The second kappa shape index (κ2) is 11.0. The summed E-state index contributed by atoms with van der Waals surface area (Å²) in [6, 6.07) is 12.5. The van der Waals surface area contributed by atoms with Gasteiger partial charge in [0.1, 0.15) is 17.0 Å². The Morgan fingerprint density at radius 2 is 1.88 bits per heavy atom. The second-order valence-corrected chi connectivity index (χ2v) is 12.4. The Hall–Kier alpha value is -3.96. The summed E-state index contributed by atoms with van der Waals surface area (Å²) in [6.45, 7) is 11.2. The molecule has 5 heterocycles. The number of imidazole rings is 1. The zero-order valence-electron chi connectivity index (χ0n) is 24.9.